The smallest absolute Gasteiger partial charge is 0.143 e. The maximum absolute atomic E-state index is 13.6. The van der Waals surface area contributed by atoms with Crippen molar-refractivity contribution in [2.45, 2.75) is 38.1 Å². The van der Waals surface area contributed by atoms with Crippen LogP contribution in [-0.2, 0) is 0 Å². The van der Waals surface area contributed by atoms with Gasteiger partial charge in [-0.2, -0.15) is 5.26 Å². The van der Waals surface area contributed by atoms with Crippen LogP contribution in [0.15, 0.2) is 18.2 Å². The molecule has 2 N–H and O–H groups in total. The van der Waals surface area contributed by atoms with Crippen LogP contribution in [0.1, 0.15) is 38.2 Å². The number of hydrogen-bond donors (Lipinski definition) is 2. The monoisotopic (exact) mass is 262 g/mol. The predicted octanol–water partition coefficient (Wildman–Crippen LogP) is 3.05. The largest absolute Gasteiger partial charge is 0.394 e. The van der Waals surface area contributed by atoms with Crippen molar-refractivity contribution in [1.82, 2.24) is 0 Å². The number of rotatable bonds is 3. The maximum atomic E-state index is 13.6. The lowest BCUT2D eigenvalue weighted by atomic mass is 9.76. The van der Waals surface area contributed by atoms with Gasteiger partial charge in [-0.1, -0.05) is 25.8 Å². The molecule has 1 fully saturated rings. The molecule has 1 aliphatic carbocycles. The molecule has 0 bridgehead atoms. The van der Waals surface area contributed by atoms with Gasteiger partial charge in [0.15, 0.2) is 0 Å². The number of nitriles is 1. The lowest BCUT2D eigenvalue weighted by molar-refractivity contribution is 0.149. The minimum Gasteiger partial charge on any atom is -0.394 e. The SMILES string of the molecule is CC1CCCC(CO)(Nc2cccc(F)c2C#N)C1. The molecule has 0 aliphatic heterocycles. The van der Waals surface area contributed by atoms with Crippen LogP contribution < -0.4 is 5.32 Å². The molecule has 2 unspecified atom stereocenters. The molecule has 0 aromatic heterocycles. The van der Waals surface area contributed by atoms with Crippen LogP contribution in [0.25, 0.3) is 0 Å². The van der Waals surface area contributed by atoms with Crippen LogP contribution in [0.2, 0.25) is 0 Å². The zero-order valence-corrected chi connectivity index (χ0v) is 11.1. The number of hydrogen-bond acceptors (Lipinski definition) is 3. The summed E-state index contributed by atoms with van der Waals surface area (Å²) in [6, 6.07) is 6.44. The highest BCUT2D eigenvalue weighted by Crippen LogP contribution is 2.35. The van der Waals surface area contributed by atoms with Gasteiger partial charge in [0.1, 0.15) is 17.4 Å². The molecule has 3 nitrogen and oxygen atoms in total. The molecule has 1 aromatic carbocycles. The predicted molar refractivity (Wildman–Crippen MR) is 72.2 cm³/mol. The molecule has 2 atom stereocenters. The van der Waals surface area contributed by atoms with Crippen molar-refractivity contribution in [3.05, 3.63) is 29.6 Å². The Labute approximate surface area is 113 Å². The molecular weight excluding hydrogens is 243 g/mol. The van der Waals surface area contributed by atoms with Gasteiger partial charge < -0.3 is 10.4 Å². The van der Waals surface area contributed by atoms with E-state index in [9.17, 15) is 9.50 Å². The van der Waals surface area contributed by atoms with Crippen molar-refractivity contribution in [3.63, 3.8) is 0 Å². The quantitative estimate of drug-likeness (QED) is 0.880. The first-order valence-corrected chi connectivity index (χ1v) is 6.68. The van der Waals surface area contributed by atoms with Gasteiger partial charge in [0.25, 0.3) is 0 Å². The third-order valence-corrected chi connectivity index (χ3v) is 3.92. The molecule has 1 saturated carbocycles. The van der Waals surface area contributed by atoms with Crippen molar-refractivity contribution in [2.24, 2.45) is 5.92 Å². The van der Waals surface area contributed by atoms with Crippen LogP contribution in [0.3, 0.4) is 0 Å². The topological polar surface area (TPSA) is 56.0 Å². The Morgan fingerprint density at radius 2 is 2.37 bits per heavy atom. The van der Waals surface area contributed by atoms with E-state index in [2.05, 4.69) is 12.2 Å². The number of halogens is 1. The van der Waals surface area contributed by atoms with Gasteiger partial charge in [0.2, 0.25) is 0 Å². The zero-order chi connectivity index (χ0) is 13.9. The number of anilines is 1. The Hall–Kier alpha value is -1.60. The molecule has 1 aliphatic rings. The summed E-state index contributed by atoms with van der Waals surface area (Å²) in [5, 5.41) is 22.0. The van der Waals surface area contributed by atoms with E-state index < -0.39 is 11.4 Å². The number of aliphatic hydroxyl groups is 1. The van der Waals surface area contributed by atoms with E-state index in [1.165, 1.54) is 6.07 Å². The first kappa shape index (κ1) is 13.8. The zero-order valence-electron chi connectivity index (χ0n) is 11.1. The van der Waals surface area contributed by atoms with Crippen molar-refractivity contribution in [2.75, 3.05) is 11.9 Å². The Balaban J connectivity index is 2.28. The van der Waals surface area contributed by atoms with Gasteiger partial charge in [-0.25, -0.2) is 4.39 Å². The van der Waals surface area contributed by atoms with Gasteiger partial charge in [-0.05, 0) is 30.9 Å². The minimum atomic E-state index is -0.524. The van der Waals surface area contributed by atoms with Crippen LogP contribution >= 0.6 is 0 Å². The molecule has 0 spiro atoms. The molecule has 2 rings (SSSR count). The highest BCUT2D eigenvalue weighted by molar-refractivity contribution is 5.59. The lowest BCUT2D eigenvalue weighted by Crippen LogP contribution is -2.46. The van der Waals surface area contributed by atoms with Crippen LogP contribution in [0, 0.1) is 23.1 Å². The van der Waals surface area contributed by atoms with Gasteiger partial charge in [-0.15, -0.1) is 0 Å². The van der Waals surface area contributed by atoms with Crippen molar-refractivity contribution in [1.29, 1.82) is 5.26 Å². The van der Waals surface area contributed by atoms with E-state index in [-0.39, 0.29) is 12.2 Å². The summed E-state index contributed by atoms with van der Waals surface area (Å²) in [7, 11) is 0. The Kier molecular flexibility index (Phi) is 4.06. The molecule has 1 aromatic rings. The Morgan fingerprint density at radius 3 is 3.00 bits per heavy atom. The van der Waals surface area contributed by atoms with E-state index in [1.54, 1.807) is 12.1 Å². The van der Waals surface area contributed by atoms with E-state index in [0.717, 1.165) is 25.7 Å². The summed E-state index contributed by atoms with van der Waals surface area (Å²) in [6.45, 7) is 2.15. The average molecular weight is 262 g/mol. The summed E-state index contributed by atoms with van der Waals surface area (Å²) in [5.74, 6) is -0.00283. The molecule has 4 heteroatoms. The molecule has 0 heterocycles. The van der Waals surface area contributed by atoms with Gasteiger partial charge in [-0.3, -0.25) is 0 Å². The number of aliphatic hydroxyl groups excluding tert-OH is 1. The molecule has 102 valence electrons. The van der Waals surface area contributed by atoms with Crippen LogP contribution in [0.4, 0.5) is 10.1 Å². The van der Waals surface area contributed by atoms with E-state index in [0.29, 0.717) is 11.6 Å². The maximum Gasteiger partial charge on any atom is 0.143 e. The summed E-state index contributed by atoms with van der Waals surface area (Å²) >= 11 is 0. The third-order valence-electron chi connectivity index (χ3n) is 3.92. The number of benzene rings is 1. The lowest BCUT2D eigenvalue weighted by Gasteiger charge is -2.40. The summed E-state index contributed by atoms with van der Waals surface area (Å²) in [4.78, 5) is 0. The summed E-state index contributed by atoms with van der Waals surface area (Å²) in [6.07, 6.45) is 3.86. The Morgan fingerprint density at radius 1 is 1.58 bits per heavy atom. The van der Waals surface area contributed by atoms with Crippen molar-refractivity contribution >= 4 is 5.69 Å². The molecule has 19 heavy (non-hydrogen) atoms. The summed E-state index contributed by atoms with van der Waals surface area (Å²) in [5.41, 5.74) is 0.0658. The number of nitrogens with zero attached hydrogens (tertiary/aromatic N) is 1. The van der Waals surface area contributed by atoms with E-state index >= 15 is 0 Å². The molecule has 0 amide bonds. The number of nitrogens with one attached hydrogen (secondary N) is 1. The fourth-order valence-electron chi connectivity index (χ4n) is 2.98. The van der Waals surface area contributed by atoms with Crippen LogP contribution in [0.5, 0.6) is 0 Å². The van der Waals surface area contributed by atoms with Crippen molar-refractivity contribution in [3.8, 4) is 6.07 Å². The first-order valence-electron chi connectivity index (χ1n) is 6.68. The first-order chi connectivity index (χ1) is 9.10. The van der Waals surface area contributed by atoms with Gasteiger partial charge in [0, 0.05) is 0 Å². The second-order valence-corrected chi connectivity index (χ2v) is 5.54. The standard InChI is InChI=1S/C15H19FN2O/c1-11-4-3-7-15(8-11,10-19)18-14-6-2-5-13(16)12(14)9-17/h2,5-6,11,18-19H,3-4,7-8,10H2,1H3. The fraction of sp³-hybridized carbons (Fsp3) is 0.533. The highest BCUT2D eigenvalue weighted by Gasteiger charge is 2.34. The van der Waals surface area contributed by atoms with E-state index in [4.69, 9.17) is 5.26 Å². The summed E-state index contributed by atoms with van der Waals surface area (Å²) < 4.78 is 13.6. The normalized spacial score (nSPS) is 26.7. The minimum absolute atomic E-state index is 0.00127. The van der Waals surface area contributed by atoms with Crippen molar-refractivity contribution < 1.29 is 9.50 Å². The van der Waals surface area contributed by atoms with Crippen LogP contribution in [-0.4, -0.2) is 17.3 Å². The van der Waals surface area contributed by atoms with Gasteiger partial charge >= 0.3 is 0 Å². The second-order valence-electron chi connectivity index (χ2n) is 5.54. The molecule has 0 saturated heterocycles. The van der Waals surface area contributed by atoms with E-state index in [1.807, 2.05) is 6.07 Å². The molecule has 0 radical (unpaired) electrons. The Bertz CT molecular complexity index is 497. The third kappa shape index (κ3) is 2.87. The van der Waals surface area contributed by atoms with Gasteiger partial charge in [0.05, 0.1) is 17.8 Å². The second kappa shape index (κ2) is 5.58. The average Bonchev–Trinajstić information content (AvgIpc) is 2.39. The highest BCUT2D eigenvalue weighted by atomic mass is 19.1. The molecular formula is C15H19FN2O. The fourth-order valence-corrected chi connectivity index (χ4v) is 2.98.